The van der Waals surface area contributed by atoms with Gasteiger partial charge in [-0.05, 0) is 117 Å². The number of halogens is 2. The van der Waals surface area contributed by atoms with Crippen LogP contribution >= 0.6 is 0 Å². The predicted molar refractivity (Wildman–Crippen MR) is 258 cm³/mol. The molecule has 348 valence electrons. The number of carbonyl (C=O) groups excluding carboxylic acids is 2. The van der Waals surface area contributed by atoms with Crippen LogP contribution in [0.2, 0.25) is 0 Å². The van der Waals surface area contributed by atoms with E-state index in [1.54, 1.807) is 6.92 Å². The molecule has 14 heteroatoms. The van der Waals surface area contributed by atoms with Crippen molar-refractivity contribution in [2.24, 2.45) is 0 Å². The molecule has 3 aliphatic heterocycles. The number of piperazine rings is 1. The molecule has 4 aromatic carbocycles. The lowest BCUT2D eigenvalue weighted by Gasteiger charge is -2.37. The maximum absolute atomic E-state index is 15.2. The van der Waals surface area contributed by atoms with Crippen LogP contribution in [0, 0.1) is 18.6 Å². The Hall–Kier alpha value is -6.32. The van der Waals surface area contributed by atoms with Gasteiger partial charge in [-0.1, -0.05) is 42.5 Å². The number of likely N-dealkylation sites (tertiary alicyclic amines) is 1. The van der Waals surface area contributed by atoms with Gasteiger partial charge in [0.2, 0.25) is 5.91 Å². The number of fused-ring (bicyclic) bond motifs is 1. The van der Waals surface area contributed by atoms with Gasteiger partial charge in [0.1, 0.15) is 35.5 Å². The molecule has 0 saturated carbocycles. The van der Waals surface area contributed by atoms with Gasteiger partial charge < -0.3 is 29.9 Å². The van der Waals surface area contributed by atoms with Crippen molar-refractivity contribution in [3.63, 3.8) is 0 Å². The summed E-state index contributed by atoms with van der Waals surface area (Å²) in [5, 5.41) is 13.6. The van der Waals surface area contributed by atoms with Crippen LogP contribution in [0.15, 0.2) is 103 Å². The number of nitrogens with zero attached hydrogens (tertiary/aromatic N) is 6. The van der Waals surface area contributed by atoms with E-state index in [-0.39, 0.29) is 23.3 Å². The highest BCUT2D eigenvalue weighted by Crippen LogP contribution is 2.36. The number of aliphatic hydroxyl groups is 1. The van der Waals surface area contributed by atoms with Crippen LogP contribution in [0.4, 0.5) is 20.2 Å². The third-order valence-electron chi connectivity index (χ3n) is 13.5. The molecule has 67 heavy (non-hydrogen) atoms. The van der Waals surface area contributed by atoms with Crippen molar-refractivity contribution in [3.05, 3.63) is 137 Å². The topological polar surface area (TPSA) is 130 Å². The second-order valence-electron chi connectivity index (χ2n) is 18.7. The van der Waals surface area contributed by atoms with Crippen molar-refractivity contribution in [1.82, 2.24) is 29.7 Å². The lowest BCUT2D eigenvalue weighted by atomic mass is 9.96. The van der Waals surface area contributed by atoms with E-state index < -0.39 is 23.1 Å². The normalized spacial score (nSPS) is 17.1. The number of piperidine rings is 2. The van der Waals surface area contributed by atoms with Crippen LogP contribution in [-0.2, 0) is 16.9 Å². The molecule has 6 aromatic rings. The maximum atomic E-state index is 15.2. The number of hydrogen-bond acceptors (Lipinski definition) is 9. The molecule has 0 atom stereocenters. The molecule has 12 nitrogen and oxygen atoms in total. The molecule has 3 aliphatic rings. The first kappa shape index (κ1) is 45.8. The molecule has 0 spiro atoms. The van der Waals surface area contributed by atoms with Gasteiger partial charge in [-0.15, -0.1) is 0 Å². The average Bonchev–Trinajstić information content (AvgIpc) is 3.76. The van der Waals surface area contributed by atoms with Gasteiger partial charge >= 0.3 is 0 Å². The van der Waals surface area contributed by atoms with Gasteiger partial charge in [-0.3, -0.25) is 19.4 Å². The number of amides is 2. The van der Waals surface area contributed by atoms with E-state index in [1.165, 1.54) is 50.0 Å². The molecule has 2 aromatic heterocycles. The molecule has 5 heterocycles. The molecule has 3 saturated heterocycles. The van der Waals surface area contributed by atoms with Crippen molar-refractivity contribution in [2.45, 2.75) is 64.7 Å². The number of rotatable bonds is 13. The Bertz CT molecular complexity index is 2770. The van der Waals surface area contributed by atoms with Crippen LogP contribution in [0.5, 0.6) is 5.75 Å². The fourth-order valence-corrected chi connectivity index (χ4v) is 9.35. The molecular weight excluding hydrogens is 851 g/mol. The monoisotopic (exact) mass is 908 g/mol. The molecule has 2 amide bonds. The average molecular weight is 909 g/mol. The Morgan fingerprint density at radius 2 is 1.58 bits per heavy atom. The van der Waals surface area contributed by atoms with Gasteiger partial charge in [0.05, 0.1) is 16.9 Å². The van der Waals surface area contributed by atoms with Crippen molar-refractivity contribution in [3.8, 4) is 28.3 Å². The number of carbonyl (C=O) groups is 2. The van der Waals surface area contributed by atoms with Crippen molar-refractivity contribution >= 4 is 34.2 Å². The summed E-state index contributed by atoms with van der Waals surface area (Å²) in [6.45, 7) is 18.6. The van der Waals surface area contributed by atoms with Gasteiger partial charge in [-0.25, -0.2) is 18.7 Å². The molecule has 0 aliphatic carbocycles. The first-order valence-electron chi connectivity index (χ1n) is 23.2. The summed E-state index contributed by atoms with van der Waals surface area (Å²) in [6.07, 6.45) is 4.90. The van der Waals surface area contributed by atoms with Crippen LogP contribution in [0.3, 0.4) is 0 Å². The molecule has 3 N–H and O–H groups in total. The summed E-state index contributed by atoms with van der Waals surface area (Å²) >= 11 is 0. The third kappa shape index (κ3) is 10.6. The zero-order chi connectivity index (χ0) is 46.8. The number of aromatic nitrogens is 3. The van der Waals surface area contributed by atoms with Crippen molar-refractivity contribution in [1.29, 1.82) is 0 Å². The number of aromatic amines is 1. The summed E-state index contributed by atoms with van der Waals surface area (Å²) < 4.78 is 36.6. The van der Waals surface area contributed by atoms with E-state index in [0.29, 0.717) is 46.4 Å². The minimum absolute atomic E-state index is 0.110. The fourth-order valence-electron chi connectivity index (χ4n) is 9.35. The van der Waals surface area contributed by atoms with Crippen LogP contribution < -0.4 is 15.0 Å². The van der Waals surface area contributed by atoms with E-state index >= 15 is 4.39 Å². The maximum Gasteiger partial charge on any atom is 0.258 e. The number of benzene rings is 4. The highest BCUT2D eigenvalue weighted by atomic mass is 19.1. The standard InChI is InChI=1S/C53H58F2N8O4/c1-34-15-20-63(49(64)27-34)40-10-12-41(13-11-40)67-42-16-18-60(19-17-42)21-22-61-23-25-62(26-24-61)32-36-5-7-37(8-6-36)48-31-45-50(56-33-57-51(45)58-48)44-29-39(54)30-47(35(44)2)59-52(65)43-14-9-38(28-46(43)55)53(3,4)66/h5-14,28-31,33,42,66H,1,15-27,32H2,2-4H3,(H,59,65)(H,56,57,58). The van der Waals surface area contributed by atoms with E-state index in [9.17, 15) is 19.1 Å². The summed E-state index contributed by atoms with van der Waals surface area (Å²) in [5.74, 6) is -1.15. The Morgan fingerprint density at radius 3 is 2.27 bits per heavy atom. The third-order valence-corrected chi connectivity index (χ3v) is 13.5. The fraction of sp³-hybridized carbons (Fsp3) is 0.358. The zero-order valence-electron chi connectivity index (χ0n) is 38.5. The van der Waals surface area contributed by atoms with E-state index in [2.05, 4.69) is 65.8 Å². The van der Waals surface area contributed by atoms with Crippen LogP contribution in [-0.4, -0.2) is 112 Å². The van der Waals surface area contributed by atoms with Crippen molar-refractivity contribution < 1.29 is 28.2 Å². The van der Waals surface area contributed by atoms with E-state index in [0.717, 1.165) is 112 Å². The number of nitrogens with one attached hydrogen (secondary N) is 2. The number of anilines is 2. The minimum atomic E-state index is -1.28. The van der Waals surface area contributed by atoms with Crippen LogP contribution in [0.1, 0.15) is 66.6 Å². The van der Waals surface area contributed by atoms with Crippen molar-refractivity contribution in [2.75, 3.05) is 69.1 Å². The SMILES string of the molecule is C=C1CCN(c2ccc(OC3CCN(CCN4CCN(Cc5ccc(-c6cc7c(-c8cc(F)cc(NC(=O)c9ccc(C(C)(C)O)cc9F)c8C)ncnc7[nH]6)cc5)CC4)CC3)cc2)C(=O)C1. The van der Waals surface area contributed by atoms with Gasteiger partial charge in [0.15, 0.2) is 0 Å². The Labute approximate surface area is 390 Å². The van der Waals surface area contributed by atoms with Gasteiger partial charge in [0.25, 0.3) is 5.91 Å². The Morgan fingerprint density at radius 1 is 0.881 bits per heavy atom. The highest BCUT2D eigenvalue weighted by Gasteiger charge is 2.26. The van der Waals surface area contributed by atoms with E-state index in [4.69, 9.17) is 4.74 Å². The largest absolute Gasteiger partial charge is 0.490 e. The highest BCUT2D eigenvalue weighted by molar-refractivity contribution is 6.06. The first-order valence-corrected chi connectivity index (χ1v) is 23.2. The first-order chi connectivity index (χ1) is 32.2. The van der Waals surface area contributed by atoms with Gasteiger partial charge in [0, 0.05) is 99.9 Å². The number of ether oxygens (including phenoxy) is 1. The summed E-state index contributed by atoms with van der Waals surface area (Å²) in [4.78, 5) is 47.5. The van der Waals surface area contributed by atoms with E-state index in [1.807, 2.05) is 35.2 Å². The molecule has 0 unspecified atom stereocenters. The Kier molecular flexibility index (Phi) is 13.3. The number of hydrogen-bond donors (Lipinski definition) is 3. The second kappa shape index (κ2) is 19.5. The molecule has 0 radical (unpaired) electrons. The molecule has 9 rings (SSSR count). The second-order valence-corrected chi connectivity index (χ2v) is 18.7. The predicted octanol–water partition coefficient (Wildman–Crippen LogP) is 8.70. The molecule has 3 fully saturated rings. The minimum Gasteiger partial charge on any atom is -0.490 e. The molecule has 0 bridgehead atoms. The molecular formula is C53H58F2N8O4. The summed E-state index contributed by atoms with van der Waals surface area (Å²) in [7, 11) is 0. The van der Waals surface area contributed by atoms with Crippen LogP contribution in [0.25, 0.3) is 33.5 Å². The summed E-state index contributed by atoms with van der Waals surface area (Å²) in [6, 6.07) is 24.9. The number of H-pyrrole nitrogens is 1. The lowest BCUT2D eigenvalue weighted by molar-refractivity contribution is -0.118. The zero-order valence-corrected chi connectivity index (χ0v) is 38.5. The smallest absolute Gasteiger partial charge is 0.258 e. The lowest BCUT2D eigenvalue weighted by Crippen LogP contribution is -2.49. The van der Waals surface area contributed by atoms with Gasteiger partial charge in [-0.2, -0.15) is 0 Å². The summed E-state index contributed by atoms with van der Waals surface area (Å²) in [5.41, 5.74) is 6.07. The quantitative estimate of drug-likeness (QED) is 0.0975. The Balaban J connectivity index is 0.746.